The lowest BCUT2D eigenvalue weighted by molar-refractivity contribution is 0.295. The van der Waals surface area contributed by atoms with Crippen molar-refractivity contribution in [2.24, 2.45) is 11.7 Å². The lowest BCUT2D eigenvalue weighted by Gasteiger charge is -2.13. The molecule has 0 amide bonds. The Hall–Kier alpha value is -1.54. The first-order valence-electron chi connectivity index (χ1n) is 7.06. The van der Waals surface area contributed by atoms with E-state index < -0.39 is 0 Å². The van der Waals surface area contributed by atoms with E-state index in [4.69, 9.17) is 10.5 Å². The third-order valence-corrected chi connectivity index (χ3v) is 3.39. The molecular formula is C17H23NO. The molecule has 0 unspecified atom stereocenters. The summed E-state index contributed by atoms with van der Waals surface area (Å²) in [6.07, 6.45) is 2.29. The van der Waals surface area contributed by atoms with Gasteiger partial charge in [0.05, 0.1) is 6.61 Å². The van der Waals surface area contributed by atoms with E-state index in [0.29, 0.717) is 6.54 Å². The molecule has 2 aromatic carbocycles. The smallest absolute Gasteiger partial charge is 0.124 e. The van der Waals surface area contributed by atoms with Crippen LogP contribution in [-0.4, -0.2) is 6.61 Å². The van der Waals surface area contributed by atoms with E-state index in [1.165, 1.54) is 17.2 Å². The van der Waals surface area contributed by atoms with Crippen molar-refractivity contribution < 1.29 is 4.74 Å². The van der Waals surface area contributed by atoms with Crippen molar-refractivity contribution in [3.05, 3.63) is 42.0 Å². The topological polar surface area (TPSA) is 35.2 Å². The van der Waals surface area contributed by atoms with Crippen molar-refractivity contribution in [3.63, 3.8) is 0 Å². The van der Waals surface area contributed by atoms with E-state index in [1.807, 2.05) is 18.2 Å². The molecule has 0 saturated carbocycles. The fraction of sp³-hybridized carbons (Fsp3) is 0.412. The number of ether oxygens (including phenoxy) is 1. The molecule has 2 N–H and O–H groups in total. The van der Waals surface area contributed by atoms with E-state index in [9.17, 15) is 0 Å². The van der Waals surface area contributed by atoms with Crippen molar-refractivity contribution in [1.29, 1.82) is 0 Å². The van der Waals surface area contributed by atoms with E-state index in [1.54, 1.807) is 0 Å². The van der Waals surface area contributed by atoms with Crippen LogP contribution in [0.2, 0.25) is 0 Å². The minimum Gasteiger partial charge on any atom is -0.493 e. The van der Waals surface area contributed by atoms with Crippen molar-refractivity contribution in [2.75, 3.05) is 6.61 Å². The molecule has 0 aliphatic heterocycles. The molecule has 0 aromatic heterocycles. The number of fused-ring (bicyclic) bond motifs is 1. The number of hydrogen-bond acceptors (Lipinski definition) is 2. The van der Waals surface area contributed by atoms with Crippen LogP contribution in [0.4, 0.5) is 0 Å². The van der Waals surface area contributed by atoms with Gasteiger partial charge in [-0.3, -0.25) is 0 Å². The fourth-order valence-electron chi connectivity index (χ4n) is 2.34. The van der Waals surface area contributed by atoms with Crippen LogP contribution in [0, 0.1) is 5.92 Å². The SMILES string of the molecule is CC(C)CCCOc1ccc2ccccc2c1CN. The van der Waals surface area contributed by atoms with Gasteiger partial charge in [0.2, 0.25) is 0 Å². The fourth-order valence-corrected chi connectivity index (χ4v) is 2.34. The normalized spacial score (nSPS) is 11.2. The second kappa shape index (κ2) is 6.58. The number of rotatable bonds is 6. The van der Waals surface area contributed by atoms with Gasteiger partial charge in [0.1, 0.15) is 5.75 Å². The summed E-state index contributed by atoms with van der Waals surface area (Å²) < 4.78 is 5.91. The zero-order valence-electron chi connectivity index (χ0n) is 11.9. The highest BCUT2D eigenvalue weighted by molar-refractivity contribution is 5.87. The molecule has 2 rings (SSSR count). The highest BCUT2D eigenvalue weighted by Gasteiger charge is 2.07. The number of benzene rings is 2. The first-order chi connectivity index (χ1) is 9.22. The van der Waals surface area contributed by atoms with Crippen molar-refractivity contribution in [2.45, 2.75) is 33.2 Å². The Labute approximate surface area is 115 Å². The van der Waals surface area contributed by atoms with E-state index in [0.717, 1.165) is 30.3 Å². The molecule has 0 aliphatic carbocycles. The van der Waals surface area contributed by atoms with E-state index >= 15 is 0 Å². The summed E-state index contributed by atoms with van der Waals surface area (Å²) in [5.74, 6) is 1.67. The molecule has 0 atom stereocenters. The standard InChI is InChI=1S/C17H23NO/c1-13(2)6-5-11-19-17-10-9-14-7-3-4-8-15(14)16(17)12-18/h3-4,7-10,13H,5-6,11-12,18H2,1-2H3. The summed E-state index contributed by atoms with van der Waals surface area (Å²) in [6, 6.07) is 12.5. The molecule has 0 spiro atoms. The summed E-state index contributed by atoms with van der Waals surface area (Å²) >= 11 is 0. The minimum atomic E-state index is 0.515. The second-order valence-electron chi connectivity index (χ2n) is 5.35. The predicted molar refractivity (Wildman–Crippen MR) is 81.4 cm³/mol. The zero-order valence-corrected chi connectivity index (χ0v) is 11.9. The first-order valence-corrected chi connectivity index (χ1v) is 7.06. The number of nitrogens with two attached hydrogens (primary N) is 1. The Morgan fingerprint density at radius 3 is 2.63 bits per heavy atom. The molecule has 2 heteroatoms. The van der Waals surface area contributed by atoms with Crippen LogP contribution in [0.5, 0.6) is 5.75 Å². The van der Waals surface area contributed by atoms with Crippen LogP contribution in [0.1, 0.15) is 32.3 Å². The molecule has 0 heterocycles. The quantitative estimate of drug-likeness (QED) is 0.790. The van der Waals surface area contributed by atoms with Crippen LogP contribution in [0.15, 0.2) is 36.4 Å². The summed E-state index contributed by atoms with van der Waals surface area (Å²) in [6.45, 7) is 5.76. The first kappa shape index (κ1) is 13.9. The van der Waals surface area contributed by atoms with E-state index in [2.05, 4.69) is 32.0 Å². The third kappa shape index (κ3) is 3.48. The van der Waals surface area contributed by atoms with Gasteiger partial charge in [0, 0.05) is 12.1 Å². The molecule has 102 valence electrons. The maximum atomic E-state index is 5.91. The summed E-state index contributed by atoms with van der Waals surface area (Å²) in [4.78, 5) is 0. The van der Waals surface area contributed by atoms with Crippen LogP contribution in [0.3, 0.4) is 0 Å². The molecule has 0 aliphatic rings. The van der Waals surface area contributed by atoms with Crippen LogP contribution in [0.25, 0.3) is 10.8 Å². The molecular weight excluding hydrogens is 234 g/mol. The third-order valence-electron chi connectivity index (χ3n) is 3.39. The lowest BCUT2D eigenvalue weighted by Crippen LogP contribution is -2.05. The Morgan fingerprint density at radius 1 is 1.11 bits per heavy atom. The van der Waals surface area contributed by atoms with Crippen LogP contribution in [-0.2, 0) is 6.54 Å². The summed E-state index contributed by atoms with van der Waals surface area (Å²) in [5, 5.41) is 2.42. The Bertz CT molecular complexity index is 534. The van der Waals surface area contributed by atoms with E-state index in [-0.39, 0.29) is 0 Å². The van der Waals surface area contributed by atoms with Gasteiger partial charge in [0.25, 0.3) is 0 Å². The lowest BCUT2D eigenvalue weighted by atomic mass is 10.0. The molecule has 0 bridgehead atoms. The van der Waals surface area contributed by atoms with Crippen LogP contribution >= 0.6 is 0 Å². The Kier molecular flexibility index (Phi) is 4.80. The van der Waals surface area contributed by atoms with Gasteiger partial charge in [-0.05, 0) is 35.6 Å². The summed E-state index contributed by atoms with van der Waals surface area (Å²) in [7, 11) is 0. The van der Waals surface area contributed by atoms with Gasteiger partial charge < -0.3 is 10.5 Å². The maximum absolute atomic E-state index is 5.91. The summed E-state index contributed by atoms with van der Waals surface area (Å²) in [5.41, 5.74) is 7.00. The van der Waals surface area contributed by atoms with Gasteiger partial charge in [-0.2, -0.15) is 0 Å². The number of hydrogen-bond donors (Lipinski definition) is 1. The van der Waals surface area contributed by atoms with Crippen molar-refractivity contribution in [3.8, 4) is 5.75 Å². The second-order valence-corrected chi connectivity index (χ2v) is 5.35. The highest BCUT2D eigenvalue weighted by Crippen LogP contribution is 2.27. The van der Waals surface area contributed by atoms with Crippen molar-refractivity contribution >= 4 is 10.8 Å². The van der Waals surface area contributed by atoms with Crippen molar-refractivity contribution in [1.82, 2.24) is 0 Å². The maximum Gasteiger partial charge on any atom is 0.124 e. The van der Waals surface area contributed by atoms with Gasteiger partial charge in [-0.1, -0.05) is 44.2 Å². The molecule has 2 nitrogen and oxygen atoms in total. The van der Waals surface area contributed by atoms with Gasteiger partial charge in [-0.15, -0.1) is 0 Å². The average molecular weight is 257 g/mol. The van der Waals surface area contributed by atoms with Gasteiger partial charge in [-0.25, -0.2) is 0 Å². The Balaban J connectivity index is 2.14. The predicted octanol–water partition coefficient (Wildman–Crippen LogP) is 4.11. The van der Waals surface area contributed by atoms with Gasteiger partial charge >= 0.3 is 0 Å². The molecule has 2 aromatic rings. The minimum absolute atomic E-state index is 0.515. The highest BCUT2D eigenvalue weighted by atomic mass is 16.5. The zero-order chi connectivity index (χ0) is 13.7. The molecule has 0 fully saturated rings. The molecule has 0 radical (unpaired) electrons. The largest absolute Gasteiger partial charge is 0.493 e. The average Bonchev–Trinajstić information content (AvgIpc) is 2.42. The molecule has 0 saturated heterocycles. The Morgan fingerprint density at radius 2 is 1.89 bits per heavy atom. The molecule has 19 heavy (non-hydrogen) atoms. The van der Waals surface area contributed by atoms with Gasteiger partial charge in [0.15, 0.2) is 0 Å². The van der Waals surface area contributed by atoms with Crippen LogP contribution < -0.4 is 10.5 Å². The monoisotopic (exact) mass is 257 g/mol.